The fourth-order valence-corrected chi connectivity index (χ4v) is 4.14. The molecule has 1 N–H and O–H groups in total. The van der Waals surface area contributed by atoms with Crippen LogP contribution in [0.5, 0.6) is 0 Å². The molecule has 0 fully saturated rings. The van der Waals surface area contributed by atoms with E-state index in [1.54, 1.807) is 37.3 Å². The molecule has 1 unspecified atom stereocenters. The minimum absolute atomic E-state index is 0.141. The third-order valence-corrected chi connectivity index (χ3v) is 6.18. The Balaban J connectivity index is 1.96. The van der Waals surface area contributed by atoms with E-state index in [2.05, 4.69) is 4.85 Å². The van der Waals surface area contributed by atoms with Gasteiger partial charge in [-0.1, -0.05) is 48.0 Å². The summed E-state index contributed by atoms with van der Waals surface area (Å²) in [5.74, 6) is 0. The molecule has 0 aliphatic heterocycles. The highest BCUT2D eigenvalue weighted by Gasteiger charge is 2.36. The van der Waals surface area contributed by atoms with E-state index >= 15 is 0 Å². The molecule has 11 heteroatoms. The molecular weight excluding hydrogens is 473 g/mol. The summed E-state index contributed by atoms with van der Waals surface area (Å²) in [6, 6.07) is 14.1. The third-order valence-electron chi connectivity index (χ3n) is 4.88. The van der Waals surface area contributed by atoms with E-state index in [1.807, 2.05) is 0 Å². The molecule has 7 nitrogen and oxygen atoms in total. The van der Waals surface area contributed by atoms with Crippen molar-refractivity contribution in [3.63, 3.8) is 0 Å². The maximum atomic E-state index is 13.5. The number of aryl methyl sites for hydroxylation is 1. The van der Waals surface area contributed by atoms with E-state index in [-0.39, 0.29) is 16.2 Å². The number of aliphatic hydroxyl groups excluding tert-OH is 1. The molecule has 3 aromatic rings. The van der Waals surface area contributed by atoms with Gasteiger partial charge in [0.15, 0.2) is 0 Å². The Morgan fingerprint density at radius 2 is 1.74 bits per heavy atom. The first-order chi connectivity index (χ1) is 15.9. The van der Waals surface area contributed by atoms with E-state index < -0.39 is 52.4 Å². The zero-order chi connectivity index (χ0) is 25.1. The van der Waals surface area contributed by atoms with E-state index in [4.69, 9.17) is 10.8 Å². The Hall–Kier alpha value is -3.46. The van der Waals surface area contributed by atoms with Gasteiger partial charge in [-0.15, -0.1) is 0 Å². The molecule has 0 saturated carbocycles. The van der Waals surface area contributed by atoms with Gasteiger partial charge < -0.3 is 9.67 Å². The second kappa shape index (κ2) is 9.80. The molecule has 0 amide bonds. The normalized spacial score (nSPS) is 12.8. The fourth-order valence-electron chi connectivity index (χ4n) is 3.19. The number of hydrogen-bond donors (Lipinski definition) is 1. The molecule has 1 atom stereocenters. The van der Waals surface area contributed by atoms with Crippen molar-refractivity contribution in [2.75, 3.05) is 6.61 Å². The number of pyridine rings is 1. The zero-order valence-electron chi connectivity index (χ0n) is 17.8. The Labute approximate surface area is 193 Å². The van der Waals surface area contributed by atoms with Gasteiger partial charge in [-0.05, 0) is 30.7 Å². The maximum absolute atomic E-state index is 13.5. The summed E-state index contributed by atoms with van der Waals surface area (Å²) < 4.78 is 70.9. The van der Waals surface area contributed by atoms with Gasteiger partial charge in [-0.25, -0.2) is 4.85 Å². The molecule has 0 bridgehead atoms. The molecule has 0 aliphatic carbocycles. The molecule has 1 heterocycles. The summed E-state index contributed by atoms with van der Waals surface area (Å²) in [7, 11) is -4.22. The van der Waals surface area contributed by atoms with Gasteiger partial charge in [0.05, 0.1) is 36.3 Å². The van der Waals surface area contributed by atoms with E-state index in [9.17, 15) is 31.5 Å². The summed E-state index contributed by atoms with van der Waals surface area (Å²) in [5.41, 5.74) is -2.93. The summed E-state index contributed by atoms with van der Waals surface area (Å²) in [5, 5.41) is 10.4. The maximum Gasteiger partial charge on any atom is 0.407 e. The fraction of sp³-hybridized carbons (Fsp3) is 0.217. The van der Waals surface area contributed by atoms with Crippen LogP contribution < -0.4 is 5.56 Å². The van der Waals surface area contributed by atoms with Gasteiger partial charge in [0.1, 0.15) is 0 Å². The van der Waals surface area contributed by atoms with Crippen molar-refractivity contribution in [1.82, 2.24) is 4.57 Å². The van der Waals surface area contributed by atoms with Crippen LogP contribution in [0.1, 0.15) is 11.1 Å². The number of aliphatic hydroxyl groups is 1. The third kappa shape index (κ3) is 5.53. The van der Waals surface area contributed by atoms with Crippen LogP contribution in [-0.4, -0.2) is 30.8 Å². The van der Waals surface area contributed by atoms with Crippen molar-refractivity contribution in [2.24, 2.45) is 0 Å². The van der Waals surface area contributed by atoms with Crippen molar-refractivity contribution in [1.29, 1.82) is 0 Å². The number of benzene rings is 2. The van der Waals surface area contributed by atoms with Gasteiger partial charge in [0.2, 0.25) is 0 Å². The number of hydrogen-bond acceptors (Lipinski definition) is 5. The number of nitrogens with zero attached hydrogens (tertiary/aromatic N) is 2. The van der Waals surface area contributed by atoms with Gasteiger partial charge in [0, 0.05) is 5.69 Å². The lowest BCUT2D eigenvalue weighted by molar-refractivity contribution is -0.137. The minimum Gasteiger partial charge on any atom is -0.389 e. The van der Waals surface area contributed by atoms with Crippen molar-refractivity contribution < 1.29 is 30.9 Å². The van der Waals surface area contributed by atoms with Crippen LogP contribution in [0, 0.1) is 13.5 Å². The largest absolute Gasteiger partial charge is 0.407 e. The first-order valence-corrected chi connectivity index (χ1v) is 11.3. The second-order valence-electron chi connectivity index (χ2n) is 7.39. The average molecular weight is 492 g/mol. The number of aromatic nitrogens is 1. The van der Waals surface area contributed by atoms with Crippen molar-refractivity contribution >= 4 is 15.8 Å². The lowest BCUT2D eigenvalue weighted by Gasteiger charge is -2.20. The monoisotopic (exact) mass is 492 g/mol. The summed E-state index contributed by atoms with van der Waals surface area (Å²) in [6.07, 6.45) is -6.54. The molecule has 0 radical (unpaired) electrons. The number of alkyl halides is 3. The van der Waals surface area contributed by atoms with Crippen LogP contribution in [0.2, 0.25) is 0 Å². The molecule has 3 rings (SSSR count). The topological polar surface area (TPSA) is 90.0 Å². The summed E-state index contributed by atoms with van der Waals surface area (Å²) >= 11 is 0. The number of rotatable bonds is 7. The van der Waals surface area contributed by atoms with Crippen LogP contribution >= 0.6 is 0 Å². The standard InChI is InChI=1S/C23H19F3N2O5S/c1-15-8-10-18(11-9-15)34(31,32)33-14-17(29)13-28-20(16-6-4-3-5-7-16)12-19(23(24,25)26)21(27-2)22(28)30/h3-12,17,29H,13-14H2,1H3. The van der Waals surface area contributed by atoms with E-state index in [0.717, 1.165) is 10.1 Å². The van der Waals surface area contributed by atoms with Crippen LogP contribution in [0.15, 0.2) is 70.4 Å². The molecule has 2 aromatic carbocycles. The highest BCUT2D eigenvalue weighted by molar-refractivity contribution is 7.86. The predicted octanol–water partition coefficient (Wildman–Crippen LogP) is 4.16. The van der Waals surface area contributed by atoms with Gasteiger partial charge in [-0.3, -0.25) is 8.98 Å². The molecule has 0 aliphatic rings. The predicted molar refractivity (Wildman–Crippen MR) is 118 cm³/mol. The van der Waals surface area contributed by atoms with Crippen molar-refractivity contribution in [3.05, 3.63) is 93.6 Å². The Morgan fingerprint density at radius 3 is 2.29 bits per heavy atom. The summed E-state index contributed by atoms with van der Waals surface area (Å²) in [4.78, 5) is 15.4. The lowest BCUT2D eigenvalue weighted by Crippen LogP contribution is -2.32. The highest BCUT2D eigenvalue weighted by atomic mass is 32.2. The first kappa shape index (κ1) is 25.2. The van der Waals surface area contributed by atoms with E-state index in [1.165, 1.54) is 24.3 Å². The second-order valence-corrected chi connectivity index (χ2v) is 9.00. The highest BCUT2D eigenvalue weighted by Crippen LogP contribution is 2.37. The van der Waals surface area contributed by atoms with Crippen molar-refractivity contribution in [2.45, 2.75) is 30.6 Å². The molecular formula is C23H19F3N2O5S. The van der Waals surface area contributed by atoms with Crippen LogP contribution in [0.4, 0.5) is 18.9 Å². The Morgan fingerprint density at radius 1 is 1.12 bits per heavy atom. The Bertz CT molecular complexity index is 1380. The molecule has 0 spiro atoms. The summed E-state index contributed by atoms with van der Waals surface area (Å²) in [6.45, 7) is 7.48. The van der Waals surface area contributed by atoms with Crippen LogP contribution in [0.3, 0.4) is 0 Å². The average Bonchev–Trinajstić information content (AvgIpc) is 2.79. The quantitative estimate of drug-likeness (QED) is 0.395. The van der Waals surface area contributed by atoms with Gasteiger partial charge >= 0.3 is 6.18 Å². The molecule has 34 heavy (non-hydrogen) atoms. The molecule has 0 saturated heterocycles. The SMILES string of the molecule is [C-]#[N+]c1c(C(F)(F)F)cc(-c2ccccc2)n(CC(O)COS(=O)(=O)c2ccc(C)cc2)c1=O. The van der Waals surface area contributed by atoms with Gasteiger partial charge in [0.25, 0.3) is 21.4 Å². The first-order valence-electron chi connectivity index (χ1n) is 9.86. The Kier molecular flexibility index (Phi) is 7.26. The minimum atomic E-state index is -4.95. The van der Waals surface area contributed by atoms with E-state index in [0.29, 0.717) is 6.07 Å². The zero-order valence-corrected chi connectivity index (χ0v) is 18.6. The van der Waals surface area contributed by atoms with Crippen LogP contribution in [-0.2, 0) is 27.0 Å². The smallest absolute Gasteiger partial charge is 0.389 e. The van der Waals surface area contributed by atoms with Crippen LogP contribution in [0.25, 0.3) is 16.1 Å². The van der Waals surface area contributed by atoms with Gasteiger partial charge in [-0.2, -0.15) is 21.6 Å². The molecule has 1 aromatic heterocycles. The lowest BCUT2D eigenvalue weighted by atomic mass is 10.1. The molecule has 178 valence electrons. The number of halogens is 3. The van der Waals surface area contributed by atoms with Crippen molar-refractivity contribution in [3.8, 4) is 11.3 Å².